The van der Waals surface area contributed by atoms with Crippen LogP contribution in [-0.4, -0.2) is 19.1 Å². The summed E-state index contributed by atoms with van der Waals surface area (Å²) in [4.78, 5) is 24.3. The SMILES string of the molecule is COc1ccc2c(C)c(CCC(=O)N[C@@H](C)C(C)C)c(=O)oc2c1. The maximum Gasteiger partial charge on any atom is 0.339 e. The Bertz CT molecular complexity index is 792. The highest BCUT2D eigenvalue weighted by molar-refractivity contribution is 5.82. The minimum atomic E-state index is -0.391. The first-order chi connectivity index (χ1) is 11.3. The number of nitrogens with one attached hydrogen (secondary N) is 1. The minimum Gasteiger partial charge on any atom is -0.497 e. The lowest BCUT2D eigenvalue weighted by Crippen LogP contribution is -2.36. The Hall–Kier alpha value is -2.30. The Balaban J connectivity index is 2.20. The molecule has 1 N–H and O–H groups in total. The van der Waals surface area contributed by atoms with Crippen molar-refractivity contribution in [3.63, 3.8) is 0 Å². The summed E-state index contributed by atoms with van der Waals surface area (Å²) >= 11 is 0. The quantitative estimate of drug-likeness (QED) is 0.825. The van der Waals surface area contributed by atoms with E-state index in [1.54, 1.807) is 13.2 Å². The van der Waals surface area contributed by atoms with Crippen molar-refractivity contribution in [2.24, 2.45) is 5.92 Å². The van der Waals surface area contributed by atoms with E-state index < -0.39 is 5.63 Å². The number of amides is 1. The summed E-state index contributed by atoms with van der Waals surface area (Å²) in [7, 11) is 1.57. The number of carbonyl (C=O) groups excluding carboxylic acids is 1. The van der Waals surface area contributed by atoms with Gasteiger partial charge in [0.1, 0.15) is 11.3 Å². The summed E-state index contributed by atoms with van der Waals surface area (Å²) in [5.41, 5.74) is 1.52. The summed E-state index contributed by atoms with van der Waals surface area (Å²) in [6.07, 6.45) is 0.636. The maximum atomic E-state index is 12.3. The molecule has 1 heterocycles. The van der Waals surface area contributed by atoms with Crippen molar-refractivity contribution < 1.29 is 13.9 Å². The molecule has 1 aromatic carbocycles. The van der Waals surface area contributed by atoms with Crippen LogP contribution in [0.15, 0.2) is 27.4 Å². The van der Waals surface area contributed by atoms with Crippen LogP contribution >= 0.6 is 0 Å². The van der Waals surface area contributed by atoms with Gasteiger partial charge in [0.15, 0.2) is 0 Å². The van der Waals surface area contributed by atoms with Crippen LogP contribution in [-0.2, 0) is 11.2 Å². The first-order valence-corrected chi connectivity index (χ1v) is 8.23. The molecule has 0 unspecified atom stereocenters. The van der Waals surface area contributed by atoms with E-state index in [0.29, 0.717) is 29.2 Å². The zero-order valence-electron chi connectivity index (χ0n) is 14.9. The zero-order chi connectivity index (χ0) is 17.9. The molecule has 1 amide bonds. The zero-order valence-corrected chi connectivity index (χ0v) is 14.9. The van der Waals surface area contributed by atoms with Crippen LogP contribution in [0.2, 0.25) is 0 Å². The molecule has 0 bridgehead atoms. The number of benzene rings is 1. The second-order valence-electron chi connectivity index (χ2n) is 6.46. The van der Waals surface area contributed by atoms with Gasteiger partial charge in [0.25, 0.3) is 0 Å². The molecule has 0 spiro atoms. The predicted octanol–water partition coefficient (Wildman–Crippen LogP) is 3.20. The minimum absolute atomic E-state index is 0.0511. The molecule has 0 saturated carbocycles. The highest BCUT2D eigenvalue weighted by atomic mass is 16.5. The van der Waals surface area contributed by atoms with Crippen LogP contribution in [0.5, 0.6) is 5.75 Å². The fourth-order valence-electron chi connectivity index (χ4n) is 2.52. The number of ether oxygens (including phenoxy) is 1. The maximum absolute atomic E-state index is 12.3. The molecule has 1 atom stereocenters. The van der Waals surface area contributed by atoms with Gasteiger partial charge < -0.3 is 14.5 Å². The van der Waals surface area contributed by atoms with Gasteiger partial charge in [0.05, 0.1) is 7.11 Å². The number of methoxy groups -OCH3 is 1. The van der Waals surface area contributed by atoms with Crippen molar-refractivity contribution in [1.82, 2.24) is 5.32 Å². The van der Waals surface area contributed by atoms with E-state index in [0.717, 1.165) is 10.9 Å². The molecule has 2 aromatic rings. The molecule has 24 heavy (non-hydrogen) atoms. The molecular formula is C19H25NO4. The van der Waals surface area contributed by atoms with Crippen molar-refractivity contribution >= 4 is 16.9 Å². The number of hydrogen-bond acceptors (Lipinski definition) is 4. The average Bonchev–Trinajstić information content (AvgIpc) is 2.53. The van der Waals surface area contributed by atoms with Crippen molar-refractivity contribution in [2.45, 2.75) is 46.6 Å². The highest BCUT2D eigenvalue weighted by Gasteiger charge is 2.15. The third kappa shape index (κ3) is 3.96. The second kappa shape index (κ2) is 7.51. The van der Waals surface area contributed by atoms with Gasteiger partial charge in [-0.2, -0.15) is 0 Å². The molecule has 2 rings (SSSR count). The normalized spacial score (nSPS) is 12.4. The van der Waals surface area contributed by atoms with Gasteiger partial charge in [-0.25, -0.2) is 4.79 Å². The van der Waals surface area contributed by atoms with Crippen LogP contribution in [0.25, 0.3) is 11.0 Å². The summed E-state index contributed by atoms with van der Waals surface area (Å²) < 4.78 is 10.6. The van der Waals surface area contributed by atoms with Gasteiger partial charge in [-0.3, -0.25) is 4.79 Å². The number of carbonyl (C=O) groups is 1. The van der Waals surface area contributed by atoms with Crippen molar-refractivity contribution in [2.75, 3.05) is 7.11 Å². The summed E-state index contributed by atoms with van der Waals surface area (Å²) in [6, 6.07) is 5.51. The first kappa shape index (κ1) is 18.0. The van der Waals surface area contributed by atoms with E-state index in [1.165, 1.54) is 0 Å². The molecule has 5 nitrogen and oxygen atoms in total. The van der Waals surface area contributed by atoms with Crippen LogP contribution in [0.1, 0.15) is 38.3 Å². The molecule has 0 radical (unpaired) electrons. The summed E-state index contributed by atoms with van der Waals surface area (Å²) in [6.45, 7) is 7.98. The third-order valence-corrected chi connectivity index (χ3v) is 4.49. The van der Waals surface area contributed by atoms with E-state index in [1.807, 2.05) is 26.0 Å². The molecule has 0 aliphatic carbocycles. The number of rotatable bonds is 6. The average molecular weight is 331 g/mol. The molecule has 0 saturated heterocycles. The lowest BCUT2D eigenvalue weighted by molar-refractivity contribution is -0.121. The molecule has 1 aromatic heterocycles. The topological polar surface area (TPSA) is 68.5 Å². The van der Waals surface area contributed by atoms with Crippen molar-refractivity contribution in [3.8, 4) is 5.75 Å². The molecule has 130 valence electrons. The lowest BCUT2D eigenvalue weighted by Gasteiger charge is -2.17. The van der Waals surface area contributed by atoms with E-state index >= 15 is 0 Å². The molecule has 0 aliphatic rings. The van der Waals surface area contributed by atoms with Crippen LogP contribution in [0.4, 0.5) is 0 Å². The fraction of sp³-hybridized carbons (Fsp3) is 0.474. The molecule has 0 aliphatic heterocycles. The Kier molecular flexibility index (Phi) is 5.65. The van der Waals surface area contributed by atoms with Crippen molar-refractivity contribution in [1.29, 1.82) is 0 Å². The number of fused-ring (bicyclic) bond motifs is 1. The van der Waals surface area contributed by atoms with Gasteiger partial charge in [-0.15, -0.1) is 0 Å². The van der Waals surface area contributed by atoms with E-state index in [2.05, 4.69) is 19.2 Å². The van der Waals surface area contributed by atoms with Gasteiger partial charge in [0, 0.05) is 29.5 Å². The summed E-state index contributed by atoms with van der Waals surface area (Å²) in [5.74, 6) is 0.959. The van der Waals surface area contributed by atoms with Crippen LogP contribution in [0.3, 0.4) is 0 Å². The Labute approximate surface area is 142 Å². The lowest BCUT2D eigenvalue weighted by atomic mass is 10.0. The third-order valence-electron chi connectivity index (χ3n) is 4.49. The first-order valence-electron chi connectivity index (χ1n) is 8.23. The van der Waals surface area contributed by atoms with Gasteiger partial charge in [-0.1, -0.05) is 13.8 Å². The molecular weight excluding hydrogens is 306 g/mol. The van der Waals surface area contributed by atoms with Gasteiger partial charge in [0.2, 0.25) is 5.91 Å². The highest BCUT2D eigenvalue weighted by Crippen LogP contribution is 2.24. The van der Waals surface area contributed by atoms with E-state index in [4.69, 9.17) is 9.15 Å². The van der Waals surface area contributed by atoms with Crippen LogP contribution < -0.4 is 15.7 Å². The Morgan fingerprint density at radius 1 is 1.29 bits per heavy atom. The van der Waals surface area contributed by atoms with E-state index in [9.17, 15) is 9.59 Å². The van der Waals surface area contributed by atoms with Gasteiger partial charge >= 0.3 is 5.63 Å². The molecule has 0 fully saturated rings. The second-order valence-corrected chi connectivity index (χ2v) is 6.46. The fourth-order valence-corrected chi connectivity index (χ4v) is 2.52. The van der Waals surface area contributed by atoms with Gasteiger partial charge in [-0.05, 0) is 43.9 Å². The predicted molar refractivity (Wildman–Crippen MR) is 94.5 cm³/mol. The Morgan fingerprint density at radius 3 is 2.62 bits per heavy atom. The summed E-state index contributed by atoms with van der Waals surface area (Å²) in [5, 5.41) is 3.81. The van der Waals surface area contributed by atoms with Crippen LogP contribution in [0, 0.1) is 12.8 Å². The largest absolute Gasteiger partial charge is 0.497 e. The van der Waals surface area contributed by atoms with E-state index in [-0.39, 0.29) is 18.4 Å². The molecule has 5 heteroatoms. The standard InChI is InChI=1S/C19H25NO4/c1-11(2)13(4)20-18(21)9-8-16-12(3)15-7-6-14(23-5)10-17(15)24-19(16)22/h6-7,10-11,13H,8-9H2,1-5H3,(H,20,21)/t13-/m0/s1. The monoisotopic (exact) mass is 331 g/mol. The number of aryl methyl sites for hydroxylation is 1. The smallest absolute Gasteiger partial charge is 0.339 e. The number of hydrogen-bond donors (Lipinski definition) is 1. The van der Waals surface area contributed by atoms with Crippen molar-refractivity contribution in [3.05, 3.63) is 39.7 Å². The Morgan fingerprint density at radius 2 is 2.00 bits per heavy atom.